The van der Waals surface area contributed by atoms with Gasteiger partial charge in [-0.1, -0.05) is 39.0 Å². The summed E-state index contributed by atoms with van der Waals surface area (Å²) in [6.45, 7) is 13.7. The van der Waals surface area contributed by atoms with Crippen LogP contribution in [0.15, 0.2) is 18.7 Å². The Morgan fingerprint density at radius 1 is 1.31 bits per heavy atom. The molecule has 0 fully saturated rings. The van der Waals surface area contributed by atoms with Crippen LogP contribution < -0.4 is 0 Å². The average Bonchev–Trinajstić information content (AvgIpc) is 2.10. The van der Waals surface area contributed by atoms with E-state index in [9.17, 15) is 0 Å². The Morgan fingerprint density at radius 2 is 2.00 bits per heavy atom. The largest absolute Gasteiger partial charge is 0.103 e. The maximum Gasteiger partial charge on any atom is -0.0317 e. The van der Waals surface area contributed by atoms with E-state index in [0.717, 1.165) is 24.7 Å². The molecule has 0 spiro atoms. The third-order valence-electron chi connectivity index (χ3n) is 2.61. The standard InChI is InChI=1S/C13H23/c1-5-7-8-9-11-13(10-6-2)12(3)4/h2,5-6,12-13H,1,7-11H2,3-4H3. The molecule has 1 unspecified atom stereocenters. The Morgan fingerprint density at radius 3 is 2.46 bits per heavy atom. The Hall–Kier alpha value is -0.520. The molecular formula is C13H23. The van der Waals surface area contributed by atoms with Crippen molar-refractivity contribution in [2.45, 2.75) is 46.0 Å². The van der Waals surface area contributed by atoms with Gasteiger partial charge in [-0.25, -0.2) is 0 Å². The fraction of sp³-hybridized carbons (Fsp3) is 0.692. The van der Waals surface area contributed by atoms with Crippen LogP contribution in [0.1, 0.15) is 46.0 Å². The molecule has 0 bridgehead atoms. The van der Waals surface area contributed by atoms with E-state index < -0.39 is 0 Å². The molecule has 0 aliphatic rings. The maximum absolute atomic E-state index is 5.46. The number of allylic oxidation sites excluding steroid dienone is 2. The van der Waals surface area contributed by atoms with Gasteiger partial charge in [0.2, 0.25) is 0 Å². The van der Waals surface area contributed by atoms with E-state index in [-0.39, 0.29) is 0 Å². The van der Waals surface area contributed by atoms with E-state index in [2.05, 4.69) is 20.4 Å². The second-order valence-electron chi connectivity index (χ2n) is 4.05. The average molecular weight is 179 g/mol. The van der Waals surface area contributed by atoms with Crippen LogP contribution in [-0.2, 0) is 0 Å². The van der Waals surface area contributed by atoms with Gasteiger partial charge in [0.25, 0.3) is 0 Å². The highest BCUT2D eigenvalue weighted by Gasteiger charge is 2.10. The summed E-state index contributed by atoms with van der Waals surface area (Å²) < 4.78 is 0. The molecule has 0 nitrogen and oxygen atoms in total. The molecule has 0 heterocycles. The minimum atomic E-state index is 0.753. The van der Waals surface area contributed by atoms with Crippen molar-refractivity contribution in [3.63, 3.8) is 0 Å². The first-order valence-electron chi connectivity index (χ1n) is 5.36. The number of unbranched alkanes of at least 4 members (excludes halogenated alkanes) is 2. The van der Waals surface area contributed by atoms with Crippen molar-refractivity contribution in [2.24, 2.45) is 11.8 Å². The zero-order valence-corrected chi connectivity index (χ0v) is 9.13. The summed E-state index contributed by atoms with van der Waals surface area (Å²) in [5.41, 5.74) is 0. The summed E-state index contributed by atoms with van der Waals surface area (Å²) in [5, 5.41) is 0. The second kappa shape index (κ2) is 8.10. The van der Waals surface area contributed by atoms with Gasteiger partial charge in [-0.2, -0.15) is 0 Å². The molecule has 0 N–H and O–H groups in total. The molecule has 0 amide bonds. The summed E-state index contributed by atoms with van der Waals surface area (Å²) in [5.74, 6) is 1.53. The quantitative estimate of drug-likeness (QED) is 0.383. The van der Waals surface area contributed by atoms with Crippen LogP contribution in [-0.4, -0.2) is 0 Å². The molecule has 0 rings (SSSR count). The lowest BCUT2D eigenvalue weighted by Crippen LogP contribution is -2.07. The number of rotatable bonds is 8. The molecule has 0 saturated heterocycles. The normalized spacial score (nSPS) is 12.8. The molecule has 0 aliphatic heterocycles. The molecule has 0 aromatic rings. The van der Waals surface area contributed by atoms with Crippen molar-refractivity contribution >= 4 is 0 Å². The SMILES string of the molecule is [CH]=CCC(CCCCC=C)C(C)C. The van der Waals surface area contributed by atoms with Crippen LogP contribution in [0.25, 0.3) is 0 Å². The molecule has 0 aliphatic carbocycles. The lowest BCUT2D eigenvalue weighted by atomic mass is 9.87. The Kier molecular flexibility index (Phi) is 7.77. The van der Waals surface area contributed by atoms with Crippen molar-refractivity contribution in [3.05, 3.63) is 25.3 Å². The van der Waals surface area contributed by atoms with Crippen molar-refractivity contribution in [3.8, 4) is 0 Å². The molecular weight excluding hydrogens is 156 g/mol. The zero-order chi connectivity index (χ0) is 10.1. The number of hydrogen-bond acceptors (Lipinski definition) is 0. The topological polar surface area (TPSA) is 0 Å². The molecule has 0 heteroatoms. The lowest BCUT2D eigenvalue weighted by molar-refractivity contribution is 0.351. The molecule has 1 atom stereocenters. The van der Waals surface area contributed by atoms with Gasteiger partial charge in [-0.05, 0) is 37.5 Å². The van der Waals surface area contributed by atoms with E-state index in [1.165, 1.54) is 19.3 Å². The molecule has 0 aromatic heterocycles. The predicted octanol–water partition coefficient (Wildman–Crippen LogP) is 4.38. The van der Waals surface area contributed by atoms with Crippen molar-refractivity contribution in [1.82, 2.24) is 0 Å². The van der Waals surface area contributed by atoms with E-state index in [1.807, 2.05) is 6.08 Å². The highest BCUT2D eigenvalue weighted by molar-refractivity contribution is 4.74. The van der Waals surface area contributed by atoms with Gasteiger partial charge in [-0.15, -0.1) is 6.58 Å². The van der Waals surface area contributed by atoms with Gasteiger partial charge in [0.1, 0.15) is 0 Å². The summed E-state index contributed by atoms with van der Waals surface area (Å²) in [6, 6.07) is 0. The van der Waals surface area contributed by atoms with Crippen LogP contribution in [0.5, 0.6) is 0 Å². The summed E-state index contributed by atoms with van der Waals surface area (Å²) in [7, 11) is 0. The Bertz CT molecular complexity index is 133. The highest BCUT2D eigenvalue weighted by atomic mass is 14.2. The van der Waals surface area contributed by atoms with Crippen LogP contribution in [0, 0.1) is 18.4 Å². The first kappa shape index (κ1) is 12.5. The summed E-state index contributed by atoms with van der Waals surface area (Å²) in [4.78, 5) is 0. The van der Waals surface area contributed by atoms with Gasteiger partial charge >= 0.3 is 0 Å². The molecule has 1 radical (unpaired) electrons. The smallest absolute Gasteiger partial charge is 0.0317 e. The Labute approximate surface area is 83.7 Å². The van der Waals surface area contributed by atoms with E-state index in [4.69, 9.17) is 6.58 Å². The van der Waals surface area contributed by atoms with Crippen LogP contribution in [0.2, 0.25) is 0 Å². The van der Waals surface area contributed by atoms with Gasteiger partial charge in [0, 0.05) is 0 Å². The maximum atomic E-state index is 5.46. The minimum absolute atomic E-state index is 0.753. The van der Waals surface area contributed by atoms with Crippen LogP contribution >= 0.6 is 0 Å². The summed E-state index contributed by atoms with van der Waals surface area (Å²) in [6.07, 6.45) is 9.90. The molecule has 0 saturated carbocycles. The van der Waals surface area contributed by atoms with E-state index >= 15 is 0 Å². The van der Waals surface area contributed by atoms with Gasteiger partial charge in [0.05, 0.1) is 0 Å². The molecule has 75 valence electrons. The second-order valence-corrected chi connectivity index (χ2v) is 4.05. The fourth-order valence-corrected chi connectivity index (χ4v) is 1.59. The minimum Gasteiger partial charge on any atom is -0.103 e. The summed E-state index contributed by atoms with van der Waals surface area (Å²) >= 11 is 0. The third kappa shape index (κ3) is 6.62. The lowest BCUT2D eigenvalue weighted by Gasteiger charge is -2.18. The van der Waals surface area contributed by atoms with Crippen LogP contribution in [0.3, 0.4) is 0 Å². The third-order valence-corrected chi connectivity index (χ3v) is 2.61. The predicted molar refractivity (Wildman–Crippen MR) is 60.5 cm³/mol. The van der Waals surface area contributed by atoms with E-state index in [0.29, 0.717) is 0 Å². The van der Waals surface area contributed by atoms with Crippen molar-refractivity contribution < 1.29 is 0 Å². The van der Waals surface area contributed by atoms with Gasteiger partial charge in [0.15, 0.2) is 0 Å². The molecule has 13 heavy (non-hydrogen) atoms. The van der Waals surface area contributed by atoms with E-state index in [1.54, 1.807) is 6.08 Å². The Balaban J connectivity index is 3.56. The van der Waals surface area contributed by atoms with Crippen molar-refractivity contribution in [2.75, 3.05) is 0 Å². The van der Waals surface area contributed by atoms with Gasteiger partial charge in [-0.3, -0.25) is 0 Å². The molecule has 0 aromatic carbocycles. The first-order valence-corrected chi connectivity index (χ1v) is 5.36. The fourth-order valence-electron chi connectivity index (χ4n) is 1.59. The van der Waals surface area contributed by atoms with Crippen LogP contribution in [0.4, 0.5) is 0 Å². The van der Waals surface area contributed by atoms with Crippen molar-refractivity contribution in [1.29, 1.82) is 0 Å². The first-order chi connectivity index (χ1) is 6.22. The highest BCUT2D eigenvalue weighted by Crippen LogP contribution is 2.22. The zero-order valence-electron chi connectivity index (χ0n) is 9.13. The van der Waals surface area contributed by atoms with Gasteiger partial charge < -0.3 is 0 Å². The monoisotopic (exact) mass is 179 g/mol. The number of hydrogen-bond donors (Lipinski definition) is 0.